The lowest BCUT2D eigenvalue weighted by Gasteiger charge is -2.14. The maximum Gasteiger partial charge on any atom is 0.130 e. The van der Waals surface area contributed by atoms with E-state index in [1.807, 2.05) is 24.3 Å². The van der Waals surface area contributed by atoms with Crippen LogP contribution in [-0.2, 0) is 12.8 Å². The number of rotatable bonds is 4. The number of halogens is 2. The summed E-state index contributed by atoms with van der Waals surface area (Å²) in [5, 5.41) is 10.4. The second-order valence-electron chi connectivity index (χ2n) is 4.53. The Bertz CT molecular complexity index is 531. The van der Waals surface area contributed by atoms with Gasteiger partial charge in [0.05, 0.1) is 6.10 Å². The summed E-state index contributed by atoms with van der Waals surface area (Å²) in [7, 11) is 0. The zero-order valence-electron chi connectivity index (χ0n) is 10.7. The van der Waals surface area contributed by atoms with Gasteiger partial charge < -0.3 is 5.11 Å². The monoisotopic (exact) mass is 278 g/mol. The Morgan fingerprint density at radius 3 is 2.32 bits per heavy atom. The van der Waals surface area contributed by atoms with Crippen LogP contribution in [0.5, 0.6) is 0 Å². The van der Waals surface area contributed by atoms with Gasteiger partial charge in [-0.15, -0.1) is 0 Å². The molecule has 0 aliphatic rings. The van der Waals surface area contributed by atoms with Crippen LogP contribution < -0.4 is 0 Å². The minimum absolute atomic E-state index is 0.170. The van der Waals surface area contributed by atoms with Gasteiger partial charge in [0.2, 0.25) is 0 Å². The molecule has 0 heterocycles. The summed E-state index contributed by atoms with van der Waals surface area (Å²) in [6.07, 6.45) is 0.397. The largest absolute Gasteiger partial charge is 0.388 e. The first kappa shape index (κ1) is 14.0. The number of aryl methyl sites for hydroxylation is 1. The van der Waals surface area contributed by atoms with Gasteiger partial charge in [0, 0.05) is 17.0 Å². The molecule has 2 rings (SSSR count). The second kappa shape index (κ2) is 6.18. The second-order valence-corrected chi connectivity index (χ2v) is 4.93. The third kappa shape index (κ3) is 3.34. The molecule has 0 bridgehead atoms. The molecule has 0 radical (unpaired) electrons. The van der Waals surface area contributed by atoms with Gasteiger partial charge in [-0.05, 0) is 29.7 Å². The van der Waals surface area contributed by atoms with Crippen molar-refractivity contribution in [1.29, 1.82) is 0 Å². The van der Waals surface area contributed by atoms with Crippen molar-refractivity contribution in [3.8, 4) is 0 Å². The Labute approximate surface area is 117 Å². The van der Waals surface area contributed by atoms with Gasteiger partial charge in [0.1, 0.15) is 5.82 Å². The van der Waals surface area contributed by atoms with Crippen LogP contribution in [0.15, 0.2) is 42.5 Å². The van der Waals surface area contributed by atoms with Crippen LogP contribution in [0.25, 0.3) is 0 Å². The van der Waals surface area contributed by atoms with E-state index in [0.717, 1.165) is 12.0 Å². The smallest absolute Gasteiger partial charge is 0.130 e. The van der Waals surface area contributed by atoms with Crippen molar-refractivity contribution in [1.82, 2.24) is 0 Å². The summed E-state index contributed by atoms with van der Waals surface area (Å²) in [5.41, 5.74) is 2.37. The van der Waals surface area contributed by atoms with Crippen LogP contribution in [0.2, 0.25) is 5.02 Å². The number of benzene rings is 2. The summed E-state index contributed by atoms with van der Waals surface area (Å²) in [5.74, 6) is -0.467. The van der Waals surface area contributed by atoms with Gasteiger partial charge in [0.25, 0.3) is 0 Å². The highest BCUT2D eigenvalue weighted by atomic mass is 35.5. The van der Waals surface area contributed by atoms with Crippen LogP contribution in [0.1, 0.15) is 29.7 Å². The van der Waals surface area contributed by atoms with Crippen molar-refractivity contribution in [3.05, 3.63) is 70.0 Å². The summed E-state index contributed by atoms with van der Waals surface area (Å²) in [4.78, 5) is 0. The molecule has 19 heavy (non-hydrogen) atoms. The highest BCUT2D eigenvalue weighted by molar-refractivity contribution is 6.31. The molecule has 0 aromatic heterocycles. The zero-order valence-corrected chi connectivity index (χ0v) is 11.5. The molecule has 0 spiro atoms. The van der Waals surface area contributed by atoms with E-state index in [0.29, 0.717) is 6.42 Å². The van der Waals surface area contributed by atoms with Crippen molar-refractivity contribution in [3.63, 3.8) is 0 Å². The standard InChI is InChI=1S/C16H16ClFO/c1-2-11-6-8-12(9-7-11)10-15(19)16-13(17)4-3-5-14(16)18/h3-9,15,19H,2,10H2,1H3. The predicted molar refractivity (Wildman–Crippen MR) is 75.9 cm³/mol. The summed E-state index contributed by atoms with van der Waals surface area (Å²) < 4.78 is 13.7. The van der Waals surface area contributed by atoms with Crippen molar-refractivity contribution >= 4 is 11.6 Å². The number of hydrogen-bond donors (Lipinski definition) is 1. The average molecular weight is 279 g/mol. The molecule has 2 aromatic carbocycles. The highest BCUT2D eigenvalue weighted by Crippen LogP contribution is 2.28. The fraction of sp³-hybridized carbons (Fsp3) is 0.250. The number of aliphatic hydroxyl groups is 1. The van der Waals surface area contributed by atoms with Gasteiger partial charge in [-0.2, -0.15) is 0 Å². The lowest BCUT2D eigenvalue weighted by molar-refractivity contribution is 0.174. The Hall–Kier alpha value is -1.38. The minimum Gasteiger partial charge on any atom is -0.388 e. The van der Waals surface area contributed by atoms with E-state index < -0.39 is 11.9 Å². The summed E-state index contributed by atoms with van der Waals surface area (Å²) in [6.45, 7) is 2.09. The van der Waals surface area contributed by atoms with Crippen molar-refractivity contribution in [2.24, 2.45) is 0 Å². The average Bonchev–Trinajstić information content (AvgIpc) is 2.39. The van der Waals surface area contributed by atoms with Crippen molar-refractivity contribution in [2.45, 2.75) is 25.9 Å². The molecule has 1 N–H and O–H groups in total. The maximum absolute atomic E-state index is 13.7. The van der Waals surface area contributed by atoms with Gasteiger partial charge in [0.15, 0.2) is 0 Å². The Morgan fingerprint density at radius 2 is 1.74 bits per heavy atom. The van der Waals surface area contributed by atoms with Crippen molar-refractivity contribution in [2.75, 3.05) is 0 Å². The fourth-order valence-electron chi connectivity index (χ4n) is 2.07. The van der Waals surface area contributed by atoms with Crippen LogP contribution in [0, 0.1) is 5.82 Å². The summed E-state index contributed by atoms with van der Waals surface area (Å²) in [6, 6.07) is 12.4. The van der Waals surface area contributed by atoms with Gasteiger partial charge in [-0.3, -0.25) is 0 Å². The van der Waals surface area contributed by atoms with E-state index in [1.54, 1.807) is 6.07 Å². The Kier molecular flexibility index (Phi) is 4.56. The number of aliphatic hydroxyl groups excluding tert-OH is 1. The zero-order chi connectivity index (χ0) is 13.8. The first-order valence-corrected chi connectivity index (χ1v) is 6.69. The van der Waals surface area contributed by atoms with Gasteiger partial charge >= 0.3 is 0 Å². The molecule has 100 valence electrons. The molecule has 1 atom stereocenters. The molecule has 0 saturated heterocycles. The van der Waals surface area contributed by atoms with E-state index >= 15 is 0 Å². The highest BCUT2D eigenvalue weighted by Gasteiger charge is 2.16. The quantitative estimate of drug-likeness (QED) is 0.883. The summed E-state index contributed by atoms with van der Waals surface area (Å²) >= 11 is 5.94. The van der Waals surface area contributed by atoms with Crippen LogP contribution in [0.3, 0.4) is 0 Å². The normalized spacial score (nSPS) is 12.4. The first-order chi connectivity index (χ1) is 9.11. The predicted octanol–water partition coefficient (Wildman–Crippen LogP) is 4.32. The minimum atomic E-state index is -0.929. The van der Waals surface area contributed by atoms with Crippen LogP contribution >= 0.6 is 11.6 Å². The topological polar surface area (TPSA) is 20.2 Å². The molecular formula is C16H16ClFO. The van der Waals surface area contributed by atoms with E-state index in [-0.39, 0.29) is 10.6 Å². The molecule has 1 nitrogen and oxygen atoms in total. The third-order valence-corrected chi connectivity index (χ3v) is 3.52. The van der Waals surface area contributed by atoms with Crippen LogP contribution in [-0.4, -0.2) is 5.11 Å². The number of hydrogen-bond acceptors (Lipinski definition) is 1. The molecule has 0 amide bonds. The molecule has 3 heteroatoms. The molecule has 0 aliphatic heterocycles. The van der Waals surface area contributed by atoms with E-state index in [4.69, 9.17) is 11.6 Å². The lowest BCUT2D eigenvalue weighted by Crippen LogP contribution is -2.05. The molecule has 0 saturated carbocycles. The Morgan fingerprint density at radius 1 is 1.11 bits per heavy atom. The van der Waals surface area contributed by atoms with Crippen molar-refractivity contribution < 1.29 is 9.50 Å². The van der Waals surface area contributed by atoms with Gasteiger partial charge in [-0.25, -0.2) is 4.39 Å². The molecular weight excluding hydrogens is 263 g/mol. The lowest BCUT2D eigenvalue weighted by atomic mass is 9.99. The van der Waals surface area contributed by atoms with E-state index in [1.165, 1.54) is 17.7 Å². The van der Waals surface area contributed by atoms with E-state index in [2.05, 4.69) is 6.92 Å². The molecule has 2 aromatic rings. The molecule has 0 aliphatic carbocycles. The fourth-order valence-corrected chi connectivity index (χ4v) is 2.35. The third-order valence-electron chi connectivity index (χ3n) is 3.19. The van der Waals surface area contributed by atoms with Crippen LogP contribution in [0.4, 0.5) is 4.39 Å². The maximum atomic E-state index is 13.7. The van der Waals surface area contributed by atoms with Gasteiger partial charge in [-0.1, -0.05) is 48.9 Å². The van der Waals surface area contributed by atoms with E-state index in [9.17, 15) is 9.50 Å². The first-order valence-electron chi connectivity index (χ1n) is 6.31. The Balaban J connectivity index is 2.18. The molecule has 1 unspecified atom stereocenters. The molecule has 0 fully saturated rings. The SMILES string of the molecule is CCc1ccc(CC(O)c2c(F)cccc2Cl)cc1.